The summed E-state index contributed by atoms with van der Waals surface area (Å²) in [5.41, 5.74) is 5.60. The molecule has 2 heterocycles. The Bertz CT molecular complexity index is 244. The molecule has 0 aromatic heterocycles. The number of amides is 1. The number of carbonyl (C=O) groups is 1. The van der Waals surface area contributed by atoms with Crippen molar-refractivity contribution in [1.82, 2.24) is 9.80 Å². The summed E-state index contributed by atoms with van der Waals surface area (Å²) in [4.78, 5) is 16.1. The van der Waals surface area contributed by atoms with Crippen LogP contribution in [-0.2, 0) is 4.79 Å². The Morgan fingerprint density at radius 3 is 2.87 bits per heavy atom. The average Bonchev–Trinajstić information content (AvgIpc) is 2.76. The average molecular weight is 211 g/mol. The second kappa shape index (κ2) is 4.49. The molecule has 0 spiro atoms. The zero-order chi connectivity index (χ0) is 10.8. The minimum atomic E-state index is 0.297. The van der Waals surface area contributed by atoms with Gasteiger partial charge < -0.3 is 15.5 Å². The fourth-order valence-electron chi connectivity index (χ4n) is 2.65. The van der Waals surface area contributed by atoms with Crippen LogP contribution in [0.5, 0.6) is 0 Å². The minimum Gasteiger partial charge on any atom is -0.341 e. The number of nitrogens with zero attached hydrogens (tertiary/aromatic N) is 2. The van der Waals surface area contributed by atoms with E-state index in [4.69, 9.17) is 5.73 Å². The number of hydrogen-bond acceptors (Lipinski definition) is 3. The summed E-state index contributed by atoms with van der Waals surface area (Å²) >= 11 is 0. The Kier molecular flexibility index (Phi) is 3.26. The van der Waals surface area contributed by atoms with Gasteiger partial charge in [0.05, 0.1) is 0 Å². The Morgan fingerprint density at radius 2 is 2.33 bits per heavy atom. The molecule has 0 aromatic rings. The highest BCUT2D eigenvalue weighted by Crippen LogP contribution is 2.21. The predicted molar refractivity (Wildman–Crippen MR) is 59.4 cm³/mol. The van der Waals surface area contributed by atoms with E-state index in [1.54, 1.807) is 0 Å². The third kappa shape index (κ3) is 2.32. The molecule has 86 valence electrons. The molecule has 2 aliphatic heterocycles. The van der Waals surface area contributed by atoms with Gasteiger partial charge >= 0.3 is 0 Å². The van der Waals surface area contributed by atoms with Gasteiger partial charge in [-0.15, -0.1) is 0 Å². The molecular formula is C11H21N3O. The lowest BCUT2D eigenvalue weighted by Gasteiger charge is -2.25. The zero-order valence-corrected chi connectivity index (χ0v) is 9.48. The SMILES string of the molecule is CN1CCCC1CN1CC(CN)CC1=O. The lowest BCUT2D eigenvalue weighted by atomic mass is 10.1. The van der Waals surface area contributed by atoms with Crippen LogP contribution in [0.25, 0.3) is 0 Å². The van der Waals surface area contributed by atoms with Crippen molar-refractivity contribution in [1.29, 1.82) is 0 Å². The summed E-state index contributed by atoms with van der Waals surface area (Å²) in [7, 11) is 2.15. The van der Waals surface area contributed by atoms with Crippen molar-refractivity contribution >= 4 is 5.91 Å². The smallest absolute Gasteiger partial charge is 0.223 e. The number of rotatable bonds is 3. The lowest BCUT2D eigenvalue weighted by molar-refractivity contribution is -0.128. The Balaban J connectivity index is 1.86. The van der Waals surface area contributed by atoms with E-state index in [1.807, 2.05) is 4.90 Å². The first kappa shape index (κ1) is 10.9. The van der Waals surface area contributed by atoms with Gasteiger partial charge in [0.2, 0.25) is 5.91 Å². The van der Waals surface area contributed by atoms with Crippen LogP contribution >= 0.6 is 0 Å². The fraction of sp³-hybridized carbons (Fsp3) is 0.909. The number of hydrogen-bond donors (Lipinski definition) is 1. The van der Waals surface area contributed by atoms with Crippen LogP contribution in [0.2, 0.25) is 0 Å². The van der Waals surface area contributed by atoms with Gasteiger partial charge in [-0.05, 0) is 38.9 Å². The van der Waals surface area contributed by atoms with Crippen LogP contribution in [0, 0.1) is 5.92 Å². The quantitative estimate of drug-likeness (QED) is 0.708. The summed E-state index contributed by atoms with van der Waals surface area (Å²) in [6, 6.07) is 0.575. The molecule has 0 saturated carbocycles. The summed E-state index contributed by atoms with van der Waals surface area (Å²) < 4.78 is 0. The van der Waals surface area contributed by atoms with E-state index in [9.17, 15) is 4.79 Å². The molecule has 0 bridgehead atoms. The zero-order valence-electron chi connectivity index (χ0n) is 9.48. The van der Waals surface area contributed by atoms with E-state index >= 15 is 0 Å². The van der Waals surface area contributed by atoms with Crippen molar-refractivity contribution in [2.24, 2.45) is 11.7 Å². The van der Waals surface area contributed by atoms with E-state index in [0.29, 0.717) is 30.8 Å². The van der Waals surface area contributed by atoms with Gasteiger partial charge in [0.1, 0.15) is 0 Å². The molecule has 2 rings (SSSR count). The first-order valence-electron chi connectivity index (χ1n) is 5.88. The Labute approximate surface area is 91.4 Å². The summed E-state index contributed by atoms with van der Waals surface area (Å²) in [5, 5.41) is 0. The fourth-order valence-corrected chi connectivity index (χ4v) is 2.65. The van der Waals surface area contributed by atoms with Gasteiger partial charge in [-0.25, -0.2) is 0 Å². The number of likely N-dealkylation sites (N-methyl/N-ethyl adjacent to an activating group) is 1. The molecule has 0 aliphatic carbocycles. The second-order valence-electron chi connectivity index (χ2n) is 4.88. The van der Waals surface area contributed by atoms with Gasteiger partial charge in [-0.2, -0.15) is 0 Å². The van der Waals surface area contributed by atoms with E-state index in [0.717, 1.165) is 13.1 Å². The third-order valence-electron chi connectivity index (χ3n) is 3.73. The topological polar surface area (TPSA) is 49.6 Å². The summed E-state index contributed by atoms with van der Waals surface area (Å²) in [5.74, 6) is 0.690. The summed E-state index contributed by atoms with van der Waals surface area (Å²) in [6.07, 6.45) is 3.16. The molecule has 2 unspecified atom stereocenters. The van der Waals surface area contributed by atoms with E-state index < -0.39 is 0 Å². The Hall–Kier alpha value is -0.610. The number of likely N-dealkylation sites (tertiary alicyclic amines) is 2. The van der Waals surface area contributed by atoms with Gasteiger partial charge in [-0.3, -0.25) is 4.79 Å². The lowest BCUT2D eigenvalue weighted by Crippen LogP contribution is -2.39. The van der Waals surface area contributed by atoms with Gasteiger partial charge in [-0.1, -0.05) is 0 Å². The summed E-state index contributed by atoms with van der Waals surface area (Å²) in [6.45, 7) is 3.60. The third-order valence-corrected chi connectivity index (χ3v) is 3.73. The normalized spacial score (nSPS) is 32.9. The van der Waals surface area contributed by atoms with E-state index in [-0.39, 0.29) is 0 Å². The molecule has 1 amide bonds. The van der Waals surface area contributed by atoms with Crippen LogP contribution in [0.1, 0.15) is 19.3 Å². The number of carbonyl (C=O) groups excluding carboxylic acids is 1. The van der Waals surface area contributed by atoms with Gasteiger partial charge in [0.25, 0.3) is 0 Å². The van der Waals surface area contributed by atoms with Crippen LogP contribution in [0.15, 0.2) is 0 Å². The molecule has 0 aromatic carbocycles. The molecule has 2 atom stereocenters. The van der Waals surface area contributed by atoms with Crippen molar-refractivity contribution < 1.29 is 4.79 Å². The molecule has 15 heavy (non-hydrogen) atoms. The van der Waals surface area contributed by atoms with Crippen molar-refractivity contribution in [3.8, 4) is 0 Å². The highest BCUT2D eigenvalue weighted by Gasteiger charge is 2.32. The predicted octanol–water partition coefficient (Wildman–Crippen LogP) is -0.112. The van der Waals surface area contributed by atoms with Crippen molar-refractivity contribution in [2.75, 3.05) is 33.2 Å². The van der Waals surface area contributed by atoms with E-state index in [1.165, 1.54) is 19.4 Å². The van der Waals surface area contributed by atoms with Crippen LogP contribution in [0.4, 0.5) is 0 Å². The maximum absolute atomic E-state index is 11.7. The molecule has 0 radical (unpaired) electrons. The van der Waals surface area contributed by atoms with Gasteiger partial charge in [0, 0.05) is 25.6 Å². The molecule has 4 heteroatoms. The number of nitrogens with two attached hydrogens (primary N) is 1. The molecular weight excluding hydrogens is 190 g/mol. The standard InChI is InChI=1S/C11H21N3O/c1-13-4-2-3-10(13)8-14-7-9(6-12)5-11(14)15/h9-10H,2-8,12H2,1H3. The Morgan fingerprint density at radius 1 is 1.53 bits per heavy atom. The largest absolute Gasteiger partial charge is 0.341 e. The molecule has 4 nitrogen and oxygen atoms in total. The monoisotopic (exact) mass is 211 g/mol. The van der Waals surface area contributed by atoms with Crippen molar-refractivity contribution in [3.05, 3.63) is 0 Å². The van der Waals surface area contributed by atoms with Crippen molar-refractivity contribution in [2.45, 2.75) is 25.3 Å². The first-order valence-corrected chi connectivity index (χ1v) is 5.88. The maximum atomic E-state index is 11.7. The van der Waals surface area contributed by atoms with Crippen LogP contribution < -0.4 is 5.73 Å². The minimum absolute atomic E-state index is 0.297. The highest BCUT2D eigenvalue weighted by atomic mass is 16.2. The first-order chi connectivity index (χ1) is 7.20. The second-order valence-corrected chi connectivity index (χ2v) is 4.88. The van der Waals surface area contributed by atoms with E-state index in [2.05, 4.69) is 11.9 Å². The maximum Gasteiger partial charge on any atom is 0.223 e. The van der Waals surface area contributed by atoms with Crippen LogP contribution in [0.3, 0.4) is 0 Å². The van der Waals surface area contributed by atoms with Crippen molar-refractivity contribution in [3.63, 3.8) is 0 Å². The molecule has 2 fully saturated rings. The van der Waals surface area contributed by atoms with Gasteiger partial charge in [0.15, 0.2) is 0 Å². The van der Waals surface area contributed by atoms with Crippen LogP contribution in [-0.4, -0.2) is 55.0 Å². The highest BCUT2D eigenvalue weighted by molar-refractivity contribution is 5.78. The molecule has 2 saturated heterocycles. The molecule has 2 aliphatic rings. The molecule has 2 N–H and O–H groups in total.